The van der Waals surface area contributed by atoms with Crippen molar-refractivity contribution in [3.63, 3.8) is 0 Å². The number of benzene rings is 2. The number of anilines is 1. The first-order chi connectivity index (χ1) is 19.2. The number of hydrogen-bond donors (Lipinski definition) is 1. The van der Waals surface area contributed by atoms with E-state index in [2.05, 4.69) is 0 Å². The van der Waals surface area contributed by atoms with Crippen molar-refractivity contribution < 1.29 is 32.6 Å². The van der Waals surface area contributed by atoms with Crippen LogP contribution in [0.5, 0.6) is 11.5 Å². The lowest BCUT2D eigenvalue weighted by molar-refractivity contribution is -0.121. The number of carboxylic acid groups (broad SMARTS) is 1. The van der Waals surface area contributed by atoms with Crippen LogP contribution in [0, 0.1) is 5.92 Å². The maximum atomic E-state index is 13.9. The second-order valence-electron chi connectivity index (χ2n) is 10.0. The highest BCUT2D eigenvalue weighted by Gasteiger charge is 2.44. The van der Waals surface area contributed by atoms with Gasteiger partial charge in [0.25, 0.3) is 0 Å². The van der Waals surface area contributed by atoms with Crippen molar-refractivity contribution in [2.75, 3.05) is 32.2 Å². The number of sulfonamides is 1. The number of piperazine rings is 1. The molecule has 1 aliphatic carbocycles. The number of rotatable bonds is 8. The van der Waals surface area contributed by atoms with Crippen LogP contribution in [-0.2, 0) is 14.8 Å². The van der Waals surface area contributed by atoms with E-state index >= 15 is 0 Å². The number of carbonyl (C=O) groups excluding carboxylic acids is 1. The minimum Gasteiger partial charge on any atom is -0.493 e. The summed E-state index contributed by atoms with van der Waals surface area (Å²) in [6.07, 6.45) is 4.74. The molecule has 1 saturated heterocycles. The van der Waals surface area contributed by atoms with Crippen molar-refractivity contribution in [1.82, 2.24) is 4.31 Å². The average molecular weight is 585 g/mol. The Balaban J connectivity index is 1.55. The number of methoxy groups -OCH3 is 2. The molecule has 11 heteroatoms. The predicted molar refractivity (Wildman–Crippen MR) is 153 cm³/mol. The normalized spacial score (nSPS) is 19.0. The molecule has 0 spiro atoms. The van der Waals surface area contributed by atoms with Crippen LogP contribution in [0.25, 0.3) is 10.4 Å². The number of aromatic carboxylic acids is 1. The third kappa shape index (κ3) is 5.33. The van der Waals surface area contributed by atoms with Crippen molar-refractivity contribution in [3.8, 4) is 21.9 Å². The molecule has 2 fully saturated rings. The summed E-state index contributed by atoms with van der Waals surface area (Å²) in [6.45, 7) is -0.321. The molecule has 2 aliphatic rings. The topological polar surface area (TPSA) is 113 Å². The summed E-state index contributed by atoms with van der Waals surface area (Å²) in [5, 5.41) is 10.1. The molecule has 40 heavy (non-hydrogen) atoms. The lowest BCUT2D eigenvalue weighted by Gasteiger charge is -2.44. The van der Waals surface area contributed by atoms with E-state index in [1.54, 1.807) is 11.0 Å². The smallest absolute Gasteiger partial charge is 0.348 e. The summed E-state index contributed by atoms with van der Waals surface area (Å²) in [4.78, 5) is 28.6. The Morgan fingerprint density at radius 2 is 1.68 bits per heavy atom. The van der Waals surface area contributed by atoms with Crippen molar-refractivity contribution >= 4 is 38.9 Å². The molecule has 0 bridgehead atoms. The van der Waals surface area contributed by atoms with Gasteiger partial charge in [-0.15, -0.1) is 11.3 Å². The molecular formula is C29H32N2O7S2. The molecule has 1 aromatic heterocycles. The van der Waals surface area contributed by atoms with Crippen molar-refractivity contribution in [2.45, 2.75) is 43.0 Å². The molecule has 1 amide bonds. The molecule has 1 N–H and O–H groups in total. The summed E-state index contributed by atoms with van der Waals surface area (Å²) < 4.78 is 39.4. The quantitative estimate of drug-likeness (QED) is 0.391. The molecule has 1 atom stereocenters. The Kier molecular flexibility index (Phi) is 8.16. The minimum absolute atomic E-state index is 0.00177. The van der Waals surface area contributed by atoms with Gasteiger partial charge in [0, 0.05) is 17.5 Å². The second kappa shape index (κ2) is 11.6. The molecular weight excluding hydrogens is 552 g/mol. The number of thiophene rings is 1. The Labute approximate surface area is 238 Å². The summed E-state index contributed by atoms with van der Waals surface area (Å²) in [7, 11) is -1.16. The van der Waals surface area contributed by atoms with Crippen LogP contribution >= 0.6 is 11.3 Å². The average Bonchev–Trinajstić information content (AvgIpc) is 3.42. The fourth-order valence-electron chi connectivity index (χ4n) is 5.73. The van der Waals surface area contributed by atoms with Crippen LogP contribution in [0.3, 0.4) is 0 Å². The van der Waals surface area contributed by atoms with E-state index in [4.69, 9.17) is 9.47 Å². The zero-order chi connectivity index (χ0) is 28.4. The highest BCUT2D eigenvalue weighted by molar-refractivity contribution is 7.89. The molecule has 1 saturated carbocycles. The summed E-state index contributed by atoms with van der Waals surface area (Å²) in [6, 6.07) is 15.1. The summed E-state index contributed by atoms with van der Waals surface area (Å²) >= 11 is 1.12. The van der Waals surface area contributed by atoms with Gasteiger partial charge in [0.15, 0.2) is 11.5 Å². The molecule has 5 rings (SSSR count). The number of amides is 1. The van der Waals surface area contributed by atoms with Crippen molar-refractivity contribution in [1.29, 1.82) is 0 Å². The fraction of sp³-hybridized carbons (Fsp3) is 0.379. The van der Waals surface area contributed by atoms with Gasteiger partial charge in [-0.25, -0.2) is 13.2 Å². The SMILES string of the molecule is COc1ccc(S(=O)(=O)N2CC(=O)N(c3cc(-c4ccccc4)sc3C(=O)O)C(C3CCCCC3)C2)cc1OC. The van der Waals surface area contributed by atoms with Crippen LogP contribution < -0.4 is 14.4 Å². The molecule has 2 aromatic carbocycles. The summed E-state index contributed by atoms with van der Waals surface area (Å²) in [5.74, 6) is -0.836. The first kappa shape index (κ1) is 28.1. The van der Waals surface area contributed by atoms with Gasteiger partial charge < -0.3 is 19.5 Å². The molecule has 212 valence electrons. The zero-order valence-electron chi connectivity index (χ0n) is 22.4. The van der Waals surface area contributed by atoms with Gasteiger partial charge in [0.05, 0.1) is 37.4 Å². The van der Waals surface area contributed by atoms with E-state index in [0.29, 0.717) is 11.4 Å². The maximum Gasteiger partial charge on any atom is 0.348 e. The van der Waals surface area contributed by atoms with E-state index in [1.165, 1.54) is 36.7 Å². The van der Waals surface area contributed by atoms with E-state index in [9.17, 15) is 23.1 Å². The summed E-state index contributed by atoms with van der Waals surface area (Å²) in [5.41, 5.74) is 1.19. The number of hydrogen-bond acceptors (Lipinski definition) is 7. The zero-order valence-corrected chi connectivity index (χ0v) is 24.0. The van der Waals surface area contributed by atoms with Crippen LogP contribution in [-0.4, -0.2) is 63.1 Å². The van der Waals surface area contributed by atoms with Gasteiger partial charge >= 0.3 is 5.97 Å². The number of carbonyl (C=O) groups is 2. The van der Waals surface area contributed by atoms with Crippen LogP contribution in [0.1, 0.15) is 41.8 Å². The lowest BCUT2D eigenvalue weighted by atomic mass is 9.82. The van der Waals surface area contributed by atoms with Gasteiger partial charge in [0.2, 0.25) is 15.9 Å². The van der Waals surface area contributed by atoms with Gasteiger partial charge in [-0.05, 0) is 42.5 Å². The monoisotopic (exact) mass is 584 g/mol. The first-order valence-electron chi connectivity index (χ1n) is 13.2. The largest absolute Gasteiger partial charge is 0.493 e. The molecule has 0 radical (unpaired) electrons. The standard InChI is InChI=1S/C29H32N2O7S2/c1-37-24-14-13-21(15-25(24)38-2)40(35,36)30-17-23(19-9-5-3-6-10-19)31(27(32)18-30)22-16-26(39-28(22)29(33)34)20-11-7-4-8-12-20/h4,7-8,11-16,19,23H,3,5-6,9-10,17-18H2,1-2H3,(H,33,34). The van der Waals surface area contributed by atoms with Crippen LogP contribution in [0.15, 0.2) is 59.5 Å². The van der Waals surface area contributed by atoms with Crippen molar-refractivity contribution in [3.05, 3.63) is 59.5 Å². The maximum absolute atomic E-state index is 13.9. The Morgan fingerprint density at radius 1 is 0.975 bits per heavy atom. The molecule has 2 heterocycles. The fourth-order valence-corrected chi connectivity index (χ4v) is 8.14. The van der Waals surface area contributed by atoms with Gasteiger partial charge in [-0.3, -0.25) is 4.79 Å². The third-order valence-electron chi connectivity index (χ3n) is 7.71. The second-order valence-corrected chi connectivity index (χ2v) is 13.0. The predicted octanol–water partition coefficient (Wildman–Crippen LogP) is 5.12. The van der Waals surface area contributed by atoms with E-state index in [0.717, 1.165) is 53.9 Å². The molecule has 3 aromatic rings. The highest BCUT2D eigenvalue weighted by atomic mass is 32.2. The van der Waals surface area contributed by atoms with E-state index < -0.39 is 34.5 Å². The van der Waals surface area contributed by atoms with Gasteiger partial charge in [0.1, 0.15) is 4.88 Å². The van der Waals surface area contributed by atoms with Crippen LogP contribution in [0.2, 0.25) is 0 Å². The Morgan fingerprint density at radius 3 is 2.33 bits per heavy atom. The Bertz CT molecular complexity index is 1500. The lowest BCUT2D eigenvalue weighted by Crippen LogP contribution is -2.60. The van der Waals surface area contributed by atoms with E-state index in [-0.39, 0.29) is 28.0 Å². The first-order valence-corrected chi connectivity index (χ1v) is 15.5. The molecule has 9 nitrogen and oxygen atoms in total. The molecule has 1 unspecified atom stereocenters. The van der Waals surface area contributed by atoms with Crippen molar-refractivity contribution in [2.24, 2.45) is 5.92 Å². The van der Waals surface area contributed by atoms with E-state index in [1.807, 2.05) is 30.3 Å². The minimum atomic E-state index is -4.06. The number of nitrogens with zero attached hydrogens (tertiary/aromatic N) is 2. The highest BCUT2D eigenvalue weighted by Crippen LogP contribution is 2.42. The van der Waals surface area contributed by atoms with Gasteiger partial charge in [-0.2, -0.15) is 4.31 Å². The number of ether oxygens (including phenoxy) is 2. The Hall–Kier alpha value is -3.41. The molecule has 1 aliphatic heterocycles. The van der Waals surface area contributed by atoms with Crippen LogP contribution in [0.4, 0.5) is 5.69 Å². The number of carboxylic acids is 1. The van der Waals surface area contributed by atoms with Gasteiger partial charge in [-0.1, -0.05) is 49.6 Å². The third-order valence-corrected chi connectivity index (χ3v) is 10.7.